The maximum Gasteiger partial charge on any atom is 0.266 e. The van der Waals surface area contributed by atoms with E-state index < -0.39 is 0 Å². The molecule has 1 saturated heterocycles. The van der Waals surface area contributed by atoms with Crippen LogP contribution in [0.5, 0.6) is 11.5 Å². The number of hydrogen-bond donors (Lipinski definition) is 0. The topological polar surface area (TPSA) is 51.1 Å². The quantitative estimate of drug-likeness (QED) is 0.347. The van der Waals surface area contributed by atoms with Gasteiger partial charge in [-0.3, -0.25) is 14.7 Å². The van der Waals surface area contributed by atoms with Gasteiger partial charge in [0.1, 0.15) is 0 Å². The van der Waals surface area contributed by atoms with Crippen molar-refractivity contribution in [3.63, 3.8) is 0 Å². The van der Waals surface area contributed by atoms with Crippen LogP contribution in [0.3, 0.4) is 0 Å². The molecular weight excluding hydrogens is 500 g/mol. The lowest BCUT2D eigenvalue weighted by Gasteiger charge is -2.31. The van der Waals surface area contributed by atoms with Gasteiger partial charge in [0.2, 0.25) is 0 Å². The van der Waals surface area contributed by atoms with Gasteiger partial charge in [0.15, 0.2) is 16.7 Å². The normalized spacial score (nSPS) is 23.0. The predicted octanol–water partition coefficient (Wildman–Crippen LogP) is 7.18. The third-order valence-electron chi connectivity index (χ3n) is 6.56. The molecule has 1 heterocycles. The van der Waals surface area contributed by atoms with Gasteiger partial charge in [-0.1, -0.05) is 38.5 Å². The maximum absolute atomic E-state index is 13.6. The molecule has 0 aromatic heterocycles. The van der Waals surface area contributed by atoms with Crippen LogP contribution < -0.4 is 9.47 Å². The molecule has 1 aromatic carbocycles. The number of ether oxygens (including phenoxy) is 2. The zero-order valence-electron chi connectivity index (χ0n) is 19.8. The van der Waals surface area contributed by atoms with Gasteiger partial charge in [-0.05, 0) is 91.0 Å². The summed E-state index contributed by atoms with van der Waals surface area (Å²) < 4.78 is 12.4. The highest BCUT2D eigenvalue weighted by Gasteiger charge is 2.39. The lowest BCUT2D eigenvalue weighted by Crippen LogP contribution is -2.41. The first-order chi connectivity index (χ1) is 16.1. The van der Waals surface area contributed by atoms with E-state index in [1.807, 2.05) is 37.0 Å². The largest absolute Gasteiger partial charge is 0.490 e. The summed E-state index contributed by atoms with van der Waals surface area (Å²) in [5, 5.41) is 0.917. The lowest BCUT2D eigenvalue weighted by atomic mass is 9.94. The maximum atomic E-state index is 13.6. The molecular formula is C26H35BrN2O3S. The van der Waals surface area contributed by atoms with Crippen LogP contribution in [0, 0.1) is 0 Å². The number of halogens is 1. The second-order valence-electron chi connectivity index (χ2n) is 8.98. The van der Waals surface area contributed by atoms with Crippen LogP contribution in [-0.2, 0) is 4.79 Å². The zero-order chi connectivity index (χ0) is 23.2. The van der Waals surface area contributed by atoms with Crippen molar-refractivity contribution in [2.45, 2.75) is 90.1 Å². The summed E-state index contributed by atoms with van der Waals surface area (Å²) in [6, 6.07) is 4.58. The van der Waals surface area contributed by atoms with Gasteiger partial charge >= 0.3 is 0 Å². The second kappa shape index (κ2) is 11.8. The van der Waals surface area contributed by atoms with Crippen LogP contribution in [0.25, 0.3) is 6.08 Å². The molecule has 5 nitrogen and oxygen atoms in total. The number of aliphatic imine (C=N–C) groups is 1. The SMILES string of the molecule is CCOc1cc(C=C2SC(=NC3CCCCC3)N(C3CCCCC3)C2=O)cc(Br)c1OCC. The fourth-order valence-electron chi connectivity index (χ4n) is 4.97. The first-order valence-electron chi connectivity index (χ1n) is 12.5. The van der Waals surface area contributed by atoms with Crippen LogP contribution in [0.4, 0.5) is 0 Å². The molecule has 1 aliphatic heterocycles. The van der Waals surface area contributed by atoms with Gasteiger partial charge in [-0.2, -0.15) is 0 Å². The molecule has 1 amide bonds. The highest BCUT2D eigenvalue weighted by Crippen LogP contribution is 2.41. The van der Waals surface area contributed by atoms with E-state index in [1.54, 1.807) is 11.8 Å². The van der Waals surface area contributed by atoms with Crippen molar-refractivity contribution < 1.29 is 14.3 Å². The van der Waals surface area contributed by atoms with Crippen LogP contribution in [0.2, 0.25) is 0 Å². The predicted molar refractivity (Wildman–Crippen MR) is 140 cm³/mol. The minimum Gasteiger partial charge on any atom is -0.490 e. The van der Waals surface area contributed by atoms with Gasteiger partial charge in [0, 0.05) is 6.04 Å². The summed E-state index contributed by atoms with van der Waals surface area (Å²) in [6.45, 7) is 5.03. The number of amides is 1. The fourth-order valence-corrected chi connectivity index (χ4v) is 6.66. The van der Waals surface area contributed by atoms with E-state index in [4.69, 9.17) is 14.5 Å². The smallest absolute Gasteiger partial charge is 0.266 e. The van der Waals surface area contributed by atoms with Gasteiger partial charge in [-0.15, -0.1) is 0 Å². The zero-order valence-corrected chi connectivity index (χ0v) is 22.2. The number of amidine groups is 1. The number of nitrogens with zero attached hydrogens (tertiary/aromatic N) is 2. The molecule has 2 aliphatic carbocycles. The van der Waals surface area contributed by atoms with E-state index in [2.05, 4.69) is 15.9 Å². The summed E-state index contributed by atoms with van der Waals surface area (Å²) in [7, 11) is 0. The molecule has 0 atom stereocenters. The Kier molecular flexibility index (Phi) is 8.80. The molecule has 180 valence electrons. The second-order valence-corrected chi connectivity index (χ2v) is 10.8. The molecule has 3 aliphatic rings. The average Bonchev–Trinajstić information content (AvgIpc) is 3.12. The third-order valence-corrected chi connectivity index (χ3v) is 8.15. The van der Waals surface area contributed by atoms with Gasteiger partial charge in [0.05, 0.1) is 28.6 Å². The van der Waals surface area contributed by atoms with Gasteiger partial charge < -0.3 is 9.47 Å². The minimum absolute atomic E-state index is 0.101. The Morgan fingerprint density at radius 1 is 1.03 bits per heavy atom. The molecule has 7 heteroatoms. The Labute approximate surface area is 210 Å². The highest BCUT2D eigenvalue weighted by atomic mass is 79.9. The number of thioether (sulfide) groups is 1. The average molecular weight is 536 g/mol. The molecule has 4 rings (SSSR count). The lowest BCUT2D eigenvalue weighted by molar-refractivity contribution is -0.124. The van der Waals surface area contributed by atoms with E-state index in [-0.39, 0.29) is 11.9 Å². The molecule has 33 heavy (non-hydrogen) atoms. The summed E-state index contributed by atoms with van der Waals surface area (Å²) in [4.78, 5) is 21.5. The van der Waals surface area contributed by atoms with Crippen molar-refractivity contribution in [3.8, 4) is 11.5 Å². The van der Waals surface area contributed by atoms with E-state index in [0.29, 0.717) is 30.8 Å². The Hall–Kier alpha value is -1.47. The van der Waals surface area contributed by atoms with Gasteiger partial charge in [0.25, 0.3) is 5.91 Å². The molecule has 2 saturated carbocycles. The summed E-state index contributed by atoms with van der Waals surface area (Å²) in [5.41, 5.74) is 0.923. The fraction of sp³-hybridized carbons (Fsp3) is 0.615. The van der Waals surface area contributed by atoms with Crippen molar-refractivity contribution in [2.24, 2.45) is 4.99 Å². The van der Waals surface area contributed by atoms with Crippen molar-refractivity contribution >= 4 is 44.8 Å². The number of carbonyl (C=O) groups excluding carboxylic acids is 1. The monoisotopic (exact) mass is 534 g/mol. The number of benzene rings is 1. The van der Waals surface area contributed by atoms with Crippen LogP contribution >= 0.6 is 27.7 Å². The minimum atomic E-state index is 0.101. The van der Waals surface area contributed by atoms with E-state index in [1.165, 1.54) is 38.5 Å². The molecule has 1 aromatic rings. The van der Waals surface area contributed by atoms with Crippen molar-refractivity contribution in [1.82, 2.24) is 4.90 Å². The van der Waals surface area contributed by atoms with Crippen LogP contribution in [0.15, 0.2) is 26.5 Å². The van der Waals surface area contributed by atoms with Crippen LogP contribution in [-0.4, -0.2) is 41.3 Å². The Bertz CT molecular complexity index is 905. The van der Waals surface area contributed by atoms with E-state index in [0.717, 1.165) is 45.8 Å². The van der Waals surface area contributed by atoms with E-state index >= 15 is 0 Å². The Balaban J connectivity index is 1.65. The molecule has 0 radical (unpaired) electrons. The van der Waals surface area contributed by atoms with Crippen molar-refractivity contribution in [2.75, 3.05) is 13.2 Å². The Morgan fingerprint density at radius 2 is 1.70 bits per heavy atom. The van der Waals surface area contributed by atoms with E-state index in [9.17, 15) is 4.79 Å². The molecule has 0 bridgehead atoms. The summed E-state index contributed by atoms with van der Waals surface area (Å²) in [6.07, 6.45) is 13.9. The number of carbonyl (C=O) groups is 1. The number of rotatable bonds is 7. The first kappa shape index (κ1) is 24.6. The molecule has 0 N–H and O–H groups in total. The first-order valence-corrected chi connectivity index (χ1v) is 14.1. The summed E-state index contributed by atoms with van der Waals surface area (Å²) >= 11 is 5.17. The Morgan fingerprint density at radius 3 is 2.36 bits per heavy atom. The number of hydrogen-bond acceptors (Lipinski definition) is 5. The molecule has 0 spiro atoms. The van der Waals surface area contributed by atoms with Crippen molar-refractivity contribution in [3.05, 3.63) is 27.1 Å². The highest BCUT2D eigenvalue weighted by molar-refractivity contribution is 9.10. The summed E-state index contributed by atoms with van der Waals surface area (Å²) in [5.74, 6) is 1.50. The molecule has 0 unspecified atom stereocenters. The van der Waals surface area contributed by atoms with Crippen LogP contribution in [0.1, 0.15) is 83.6 Å². The standard InChI is InChI=1S/C26H35BrN2O3S/c1-3-31-22-16-18(15-21(27)24(22)32-4-2)17-23-25(30)29(20-13-9-6-10-14-20)26(33-23)28-19-11-7-5-8-12-19/h15-17,19-20H,3-14H2,1-2H3. The van der Waals surface area contributed by atoms with Gasteiger partial charge in [-0.25, -0.2) is 0 Å². The third kappa shape index (κ3) is 5.97. The molecule has 3 fully saturated rings. The van der Waals surface area contributed by atoms with Crippen molar-refractivity contribution in [1.29, 1.82) is 0 Å².